The molecule has 0 aliphatic carbocycles. The van der Waals surface area contributed by atoms with Gasteiger partial charge in [-0.2, -0.15) is 0 Å². The molecule has 0 saturated heterocycles. The quantitative estimate of drug-likeness (QED) is 0.462. The molecule has 0 bridgehead atoms. The fraction of sp³-hybridized carbons (Fsp3) is 1.00. The van der Waals surface area contributed by atoms with Crippen LogP contribution in [0.25, 0.3) is 0 Å². The second kappa shape index (κ2) is 15.7. The van der Waals surface area contributed by atoms with E-state index < -0.39 is 0 Å². The summed E-state index contributed by atoms with van der Waals surface area (Å²) in [5.74, 6) is 0. The Morgan fingerprint density at radius 2 is 1.08 bits per heavy atom. The fourth-order valence-electron chi connectivity index (χ4n) is 1.42. The molecule has 0 aliphatic heterocycles. The van der Waals surface area contributed by atoms with E-state index in [4.69, 9.17) is 5.11 Å². The number of aliphatic hydroxyl groups is 1. The van der Waals surface area contributed by atoms with Crippen molar-refractivity contribution in [1.82, 2.24) is 0 Å². The van der Waals surface area contributed by atoms with Crippen LogP contribution in [0.5, 0.6) is 0 Å². The Morgan fingerprint density at radius 1 is 0.692 bits per heavy atom. The van der Waals surface area contributed by atoms with Crippen LogP contribution in [0.1, 0.15) is 64.7 Å². The van der Waals surface area contributed by atoms with Crippen molar-refractivity contribution in [2.75, 3.05) is 6.61 Å². The predicted molar refractivity (Wildman–Crippen MR) is 62.9 cm³/mol. The van der Waals surface area contributed by atoms with E-state index in [0.717, 1.165) is 6.42 Å². The molecule has 2 heteroatoms. The Hall–Kier alpha value is 1.22. The standard InChI is InChI=1S/C11H24O.Ca.2H/c1-2-3-4-5-6-7-8-9-10-11-12;;;/h12H,2-11H2,1H3;;;. The van der Waals surface area contributed by atoms with Gasteiger partial charge in [0, 0.05) is 6.61 Å². The SMILES string of the molecule is CCCCCCCCCCCO.[CaH2]. The molecule has 0 radical (unpaired) electrons. The molecular formula is C11H26CaO. The van der Waals surface area contributed by atoms with Crippen LogP contribution in [-0.4, -0.2) is 49.5 Å². The van der Waals surface area contributed by atoms with E-state index in [9.17, 15) is 0 Å². The van der Waals surface area contributed by atoms with Gasteiger partial charge in [-0.25, -0.2) is 0 Å². The number of unbranched alkanes of at least 4 members (excludes halogenated alkanes) is 8. The average molecular weight is 214 g/mol. The van der Waals surface area contributed by atoms with E-state index >= 15 is 0 Å². The zero-order valence-electron chi connectivity index (χ0n) is 8.52. The van der Waals surface area contributed by atoms with Crippen LogP contribution in [0.4, 0.5) is 0 Å². The van der Waals surface area contributed by atoms with E-state index in [1.807, 2.05) is 0 Å². The molecule has 0 aliphatic rings. The van der Waals surface area contributed by atoms with E-state index in [1.165, 1.54) is 51.4 Å². The molecule has 1 N–H and O–H groups in total. The first-order valence-electron chi connectivity index (χ1n) is 5.52. The second-order valence-corrected chi connectivity index (χ2v) is 3.55. The molecule has 0 atom stereocenters. The molecule has 0 spiro atoms. The van der Waals surface area contributed by atoms with E-state index in [0.29, 0.717) is 6.61 Å². The average Bonchev–Trinajstić information content (AvgIpc) is 2.10. The second-order valence-electron chi connectivity index (χ2n) is 3.55. The van der Waals surface area contributed by atoms with Crippen LogP contribution in [-0.2, 0) is 0 Å². The van der Waals surface area contributed by atoms with Gasteiger partial charge in [0.1, 0.15) is 0 Å². The third-order valence-electron chi connectivity index (χ3n) is 2.26. The number of hydrogen-bond donors (Lipinski definition) is 1. The summed E-state index contributed by atoms with van der Waals surface area (Å²) in [7, 11) is 0. The summed E-state index contributed by atoms with van der Waals surface area (Å²) in [6.07, 6.45) is 11.8. The van der Waals surface area contributed by atoms with Gasteiger partial charge in [0.25, 0.3) is 0 Å². The van der Waals surface area contributed by atoms with Gasteiger partial charge in [0.2, 0.25) is 0 Å². The molecule has 0 fully saturated rings. The molecule has 0 heterocycles. The molecule has 0 amide bonds. The normalized spacial score (nSPS) is 9.69. The van der Waals surface area contributed by atoms with Gasteiger partial charge in [-0.3, -0.25) is 0 Å². The van der Waals surface area contributed by atoms with Crippen molar-refractivity contribution in [3.63, 3.8) is 0 Å². The summed E-state index contributed by atoms with van der Waals surface area (Å²) in [6.45, 7) is 2.62. The Labute approximate surface area is 113 Å². The van der Waals surface area contributed by atoms with Crippen molar-refractivity contribution in [2.45, 2.75) is 64.7 Å². The maximum atomic E-state index is 8.54. The number of rotatable bonds is 9. The van der Waals surface area contributed by atoms with Crippen LogP contribution in [0.2, 0.25) is 0 Å². The van der Waals surface area contributed by atoms with Gasteiger partial charge >= 0.3 is 37.7 Å². The Morgan fingerprint density at radius 3 is 1.46 bits per heavy atom. The van der Waals surface area contributed by atoms with Gasteiger partial charge in [-0.15, -0.1) is 0 Å². The third-order valence-corrected chi connectivity index (χ3v) is 2.26. The first-order chi connectivity index (χ1) is 5.91. The van der Waals surface area contributed by atoms with Crippen LogP contribution in [0.3, 0.4) is 0 Å². The van der Waals surface area contributed by atoms with Crippen LogP contribution >= 0.6 is 0 Å². The van der Waals surface area contributed by atoms with Crippen LogP contribution < -0.4 is 0 Å². The summed E-state index contributed by atoms with van der Waals surface area (Å²) in [5.41, 5.74) is 0. The Bertz CT molecular complexity index is 66.5. The van der Waals surface area contributed by atoms with Crippen molar-refractivity contribution >= 4 is 37.7 Å². The predicted octanol–water partition coefficient (Wildman–Crippen LogP) is 2.59. The minimum absolute atomic E-state index is 0. The Kier molecular flexibility index (Phi) is 20.1. The summed E-state index contributed by atoms with van der Waals surface area (Å²) in [4.78, 5) is 0. The first-order valence-corrected chi connectivity index (χ1v) is 5.52. The zero-order valence-corrected chi connectivity index (χ0v) is 8.52. The zero-order chi connectivity index (χ0) is 9.07. The Balaban J connectivity index is 0. The molecule has 0 aromatic rings. The molecule has 0 aromatic heterocycles. The number of hydrogen-bond acceptors (Lipinski definition) is 1. The van der Waals surface area contributed by atoms with Crippen molar-refractivity contribution in [3.05, 3.63) is 0 Å². The van der Waals surface area contributed by atoms with Crippen molar-refractivity contribution in [3.8, 4) is 0 Å². The van der Waals surface area contributed by atoms with E-state index in [-0.39, 0.29) is 37.7 Å². The monoisotopic (exact) mass is 214 g/mol. The molecule has 78 valence electrons. The van der Waals surface area contributed by atoms with E-state index in [1.54, 1.807) is 0 Å². The topological polar surface area (TPSA) is 20.2 Å². The summed E-state index contributed by atoms with van der Waals surface area (Å²) >= 11 is 0. The molecule has 0 aromatic carbocycles. The molecule has 0 saturated carbocycles. The minimum atomic E-state index is 0. The van der Waals surface area contributed by atoms with Crippen molar-refractivity contribution in [2.24, 2.45) is 0 Å². The summed E-state index contributed by atoms with van der Waals surface area (Å²) < 4.78 is 0. The third kappa shape index (κ3) is 15.9. The molecular weight excluding hydrogens is 188 g/mol. The molecule has 0 rings (SSSR count). The fourth-order valence-corrected chi connectivity index (χ4v) is 1.42. The first kappa shape index (κ1) is 16.6. The van der Waals surface area contributed by atoms with Crippen molar-refractivity contribution in [1.29, 1.82) is 0 Å². The van der Waals surface area contributed by atoms with Crippen LogP contribution in [0, 0.1) is 0 Å². The summed E-state index contributed by atoms with van der Waals surface area (Å²) in [6, 6.07) is 0. The number of aliphatic hydroxyl groups excluding tert-OH is 1. The molecule has 1 nitrogen and oxygen atoms in total. The van der Waals surface area contributed by atoms with Crippen LogP contribution in [0.15, 0.2) is 0 Å². The van der Waals surface area contributed by atoms with Gasteiger partial charge in [0.15, 0.2) is 0 Å². The van der Waals surface area contributed by atoms with Gasteiger partial charge in [0.05, 0.1) is 0 Å². The van der Waals surface area contributed by atoms with Crippen molar-refractivity contribution < 1.29 is 5.11 Å². The van der Waals surface area contributed by atoms with Gasteiger partial charge < -0.3 is 5.11 Å². The van der Waals surface area contributed by atoms with E-state index in [2.05, 4.69) is 6.92 Å². The molecule has 13 heavy (non-hydrogen) atoms. The van der Waals surface area contributed by atoms with Gasteiger partial charge in [-0.1, -0.05) is 58.3 Å². The molecule has 0 unspecified atom stereocenters. The maximum absolute atomic E-state index is 8.54. The summed E-state index contributed by atoms with van der Waals surface area (Å²) in [5, 5.41) is 8.54. The van der Waals surface area contributed by atoms with Gasteiger partial charge in [-0.05, 0) is 6.42 Å².